The van der Waals surface area contributed by atoms with Gasteiger partial charge >= 0.3 is 0 Å². The Hall–Kier alpha value is -0.950. The maximum Gasteiger partial charge on any atom is 0.253 e. The zero-order valence-corrected chi connectivity index (χ0v) is 16.0. The summed E-state index contributed by atoms with van der Waals surface area (Å²) in [5.74, 6) is 0.0945. The number of hydrogen-bond donors (Lipinski definition) is 2. The van der Waals surface area contributed by atoms with Crippen molar-refractivity contribution in [3.63, 3.8) is 0 Å². The Labute approximate surface area is 156 Å². The highest BCUT2D eigenvalue weighted by atomic mass is 35.5. The molecule has 8 heteroatoms. The van der Waals surface area contributed by atoms with Crippen LogP contribution in [0.25, 0.3) is 0 Å². The highest BCUT2D eigenvalue weighted by molar-refractivity contribution is 7.98. The van der Waals surface area contributed by atoms with Crippen LogP contribution in [0.1, 0.15) is 23.7 Å². The van der Waals surface area contributed by atoms with E-state index in [0.717, 1.165) is 5.75 Å². The number of aliphatic hydroxyl groups excluding tert-OH is 1. The maximum atomic E-state index is 12.6. The fourth-order valence-electron chi connectivity index (χ4n) is 2.17. The second-order valence-corrected chi connectivity index (χ2v) is 6.90. The van der Waals surface area contributed by atoms with Crippen LogP contribution in [0.2, 0.25) is 10.0 Å². The average molecular weight is 393 g/mol. The van der Waals surface area contributed by atoms with Crippen molar-refractivity contribution in [3.05, 3.63) is 33.8 Å². The highest BCUT2D eigenvalue weighted by Gasteiger charge is 2.25. The quantitative estimate of drug-likeness (QED) is 0.677. The smallest absolute Gasteiger partial charge is 0.253 e. The zero-order chi connectivity index (χ0) is 18.1. The maximum absolute atomic E-state index is 12.6. The number of carbonyl (C=O) groups excluding carboxylic acids is 2. The molecule has 0 radical (unpaired) electrons. The van der Waals surface area contributed by atoms with Gasteiger partial charge in [0, 0.05) is 18.1 Å². The predicted octanol–water partition coefficient (Wildman–Crippen LogP) is 2.69. The molecule has 0 saturated carbocycles. The van der Waals surface area contributed by atoms with Crippen LogP contribution >= 0.6 is 35.0 Å². The number of halogens is 2. The minimum absolute atomic E-state index is 0.119. The van der Waals surface area contributed by atoms with E-state index >= 15 is 0 Å². The normalized spacial score (nSPS) is 11.9. The SMILES string of the molecule is CCN(CCO)C(=O)C(CCSC)NC(=O)c1ccc(Cl)cc1Cl. The van der Waals surface area contributed by atoms with Crippen LogP contribution < -0.4 is 5.32 Å². The fourth-order valence-corrected chi connectivity index (χ4v) is 3.13. The molecule has 0 fully saturated rings. The van der Waals surface area contributed by atoms with Crippen molar-refractivity contribution in [1.82, 2.24) is 10.2 Å². The molecule has 0 heterocycles. The van der Waals surface area contributed by atoms with Crippen molar-refractivity contribution in [2.45, 2.75) is 19.4 Å². The average Bonchev–Trinajstić information content (AvgIpc) is 2.55. The Bertz CT molecular complexity index is 572. The van der Waals surface area contributed by atoms with Gasteiger partial charge in [0.25, 0.3) is 5.91 Å². The monoisotopic (exact) mass is 392 g/mol. The van der Waals surface area contributed by atoms with Crippen LogP contribution in [0, 0.1) is 0 Å². The van der Waals surface area contributed by atoms with Crippen LogP contribution in [0.15, 0.2) is 18.2 Å². The van der Waals surface area contributed by atoms with Crippen molar-refractivity contribution in [2.75, 3.05) is 31.7 Å². The van der Waals surface area contributed by atoms with E-state index in [1.165, 1.54) is 17.0 Å². The zero-order valence-electron chi connectivity index (χ0n) is 13.7. The minimum atomic E-state index is -0.664. The lowest BCUT2D eigenvalue weighted by Gasteiger charge is -2.26. The Morgan fingerprint density at radius 3 is 2.62 bits per heavy atom. The number of hydrogen-bond acceptors (Lipinski definition) is 4. The molecular weight excluding hydrogens is 371 g/mol. The van der Waals surface area contributed by atoms with Gasteiger partial charge in [-0.25, -0.2) is 0 Å². The van der Waals surface area contributed by atoms with Gasteiger partial charge in [-0.2, -0.15) is 11.8 Å². The largest absolute Gasteiger partial charge is 0.395 e. The molecule has 0 aliphatic carbocycles. The lowest BCUT2D eigenvalue weighted by atomic mass is 10.1. The summed E-state index contributed by atoms with van der Waals surface area (Å²) in [5, 5.41) is 12.5. The second-order valence-electron chi connectivity index (χ2n) is 5.07. The summed E-state index contributed by atoms with van der Waals surface area (Å²) in [6, 6.07) is 3.93. The van der Waals surface area contributed by atoms with Crippen molar-refractivity contribution in [1.29, 1.82) is 0 Å². The first-order valence-corrected chi connectivity index (χ1v) is 9.74. The van der Waals surface area contributed by atoms with Crippen LogP contribution in [0.3, 0.4) is 0 Å². The summed E-state index contributed by atoms with van der Waals surface area (Å²) in [6.45, 7) is 2.41. The van der Waals surface area contributed by atoms with Gasteiger partial charge in [0.2, 0.25) is 5.91 Å². The van der Waals surface area contributed by atoms with E-state index in [-0.39, 0.29) is 29.6 Å². The lowest BCUT2D eigenvalue weighted by molar-refractivity contribution is -0.133. The van der Waals surface area contributed by atoms with E-state index in [2.05, 4.69) is 5.32 Å². The van der Waals surface area contributed by atoms with Gasteiger partial charge in [0.15, 0.2) is 0 Å². The van der Waals surface area contributed by atoms with Gasteiger partial charge in [-0.1, -0.05) is 23.2 Å². The van der Waals surface area contributed by atoms with Crippen LogP contribution in [-0.4, -0.2) is 59.6 Å². The molecule has 1 aromatic carbocycles. The highest BCUT2D eigenvalue weighted by Crippen LogP contribution is 2.21. The van der Waals surface area contributed by atoms with E-state index in [1.807, 2.05) is 13.2 Å². The second kappa shape index (κ2) is 10.8. The number of aliphatic hydroxyl groups is 1. The Morgan fingerprint density at radius 2 is 2.08 bits per heavy atom. The number of nitrogens with one attached hydrogen (secondary N) is 1. The van der Waals surface area contributed by atoms with Gasteiger partial charge in [0.05, 0.1) is 17.2 Å². The number of amides is 2. The number of rotatable bonds is 9. The summed E-state index contributed by atoms with van der Waals surface area (Å²) < 4.78 is 0. The topological polar surface area (TPSA) is 69.6 Å². The number of likely N-dealkylation sites (N-methyl/N-ethyl adjacent to an activating group) is 1. The number of thioether (sulfide) groups is 1. The van der Waals surface area contributed by atoms with Gasteiger partial charge in [-0.3, -0.25) is 9.59 Å². The molecule has 0 saturated heterocycles. The lowest BCUT2D eigenvalue weighted by Crippen LogP contribution is -2.49. The summed E-state index contributed by atoms with van der Waals surface area (Å²) in [4.78, 5) is 26.6. The van der Waals surface area contributed by atoms with Crippen molar-refractivity contribution in [3.8, 4) is 0 Å². The van der Waals surface area contributed by atoms with Crippen LogP contribution in [0.5, 0.6) is 0 Å². The Kier molecular flexibility index (Phi) is 9.51. The third-order valence-corrected chi connectivity index (χ3v) is 4.64. The van der Waals surface area contributed by atoms with Crippen molar-refractivity contribution < 1.29 is 14.7 Å². The molecule has 0 aliphatic heterocycles. The fraction of sp³-hybridized carbons (Fsp3) is 0.500. The van der Waals surface area contributed by atoms with E-state index in [0.29, 0.717) is 18.0 Å². The molecule has 1 aromatic rings. The first-order chi connectivity index (χ1) is 11.4. The molecule has 1 unspecified atom stereocenters. The predicted molar refractivity (Wildman–Crippen MR) is 100 cm³/mol. The van der Waals surface area contributed by atoms with Crippen molar-refractivity contribution in [2.24, 2.45) is 0 Å². The molecule has 0 bridgehead atoms. The molecule has 1 rings (SSSR count). The first kappa shape index (κ1) is 21.1. The molecule has 0 aliphatic rings. The standard InChI is InChI=1S/C16H22Cl2N2O3S/c1-3-20(7-8-21)16(23)14(6-9-24-2)19-15(22)12-5-4-11(17)10-13(12)18/h4-5,10,14,21H,3,6-9H2,1-2H3,(H,19,22). The molecule has 134 valence electrons. The van der Waals surface area contributed by atoms with Gasteiger partial charge in [-0.15, -0.1) is 0 Å². The summed E-state index contributed by atoms with van der Waals surface area (Å²) >= 11 is 13.5. The van der Waals surface area contributed by atoms with E-state index in [9.17, 15) is 9.59 Å². The Morgan fingerprint density at radius 1 is 1.38 bits per heavy atom. The third kappa shape index (κ3) is 6.16. The van der Waals surface area contributed by atoms with Gasteiger partial charge < -0.3 is 15.3 Å². The number of carbonyl (C=O) groups is 2. The minimum Gasteiger partial charge on any atom is -0.395 e. The first-order valence-electron chi connectivity index (χ1n) is 7.59. The molecular formula is C16H22Cl2N2O3S. The number of nitrogens with zero attached hydrogens (tertiary/aromatic N) is 1. The Balaban J connectivity index is 2.91. The van der Waals surface area contributed by atoms with Crippen LogP contribution in [0.4, 0.5) is 0 Å². The third-order valence-electron chi connectivity index (χ3n) is 3.45. The van der Waals surface area contributed by atoms with Gasteiger partial charge in [0.1, 0.15) is 6.04 Å². The summed E-state index contributed by atoms with van der Waals surface area (Å²) in [5.41, 5.74) is 0.272. The summed E-state index contributed by atoms with van der Waals surface area (Å²) in [7, 11) is 0. The number of benzene rings is 1. The van der Waals surface area contributed by atoms with E-state index in [1.54, 1.807) is 17.8 Å². The van der Waals surface area contributed by atoms with Crippen molar-refractivity contribution >= 4 is 46.8 Å². The van der Waals surface area contributed by atoms with E-state index < -0.39 is 11.9 Å². The van der Waals surface area contributed by atoms with Gasteiger partial charge in [-0.05, 0) is 43.6 Å². The van der Waals surface area contributed by atoms with E-state index in [4.69, 9.17) is 28.3 Å². The summed E-state index contributed by atoms with van der Waals surface area (Å²) in [6.07, 6.45) is 2.43. The van der Waals surface area contributed by atoms with Crippen LogP contribution in [-0.2, 0) is 4.79 Å². The molecule has 5 nitrogen and oxygen atoms in total. The molecule has 2 N–H and O–H groups in total. The molecule has 0 aromatic heterocycles. The molecule has 24 heavy (non-hydrogen) atoms. The molecule has 2 amide bonds. The molecule has 1 atom stereocenters. The molecule has 0 spiro atoms.